The van der Waals surface area contributed by atoms with E-state index in [0.29, 0.717) is 12.8 Å². The molecular weight excluding hydrogens is 302 g/mol. The van der Waals surface area contributed by atoms with Crippen LogP contribution in [0.2, 0.25) is 0 Å². The molecule has 4 unspecified atom stereocenters. The third kappa shape index (κ3) is 2.92. The summed E-state index contributed by atoms with van der Waals surface area (Å²) in [6.45, 7) is 0.221. The van der Waals surface area contributed by atoms with Crippen LogP contribution >= 0.6 is 0 Å². The topological polar surface area (TPSA) is 113 Å². The van der Waals surface area contributed by atoms with Crippen LogP contribution in [0.25, 0.3) is 0 Å². The molecule has 1 aromatic carbocycles. The Labute approximate surface area is 132 Å². The van der Waals surface area contributed by atoms with E-state index < -0.39 is 23.8 Å². The maximum absolute atomic E-state index is 12.3. The molecule has 2 heterocycles. The maximum Gasteiger partial charge on any atom is 0.335 e. The number of ether oxygens (including phenoxy) is 1. The first-order valence-electron chi connectivity index (χ1n) is 7.45. The number of hydrogen-bond donors (Lipinski definition) is 3. The van der Waals surface area contributed by atoms with Crippen LogP contribution in [-0.2, 0) is 20.9 Å². The van der Waals surface area contributed by atoms with Gasteiger partial charge in [-0.15, -0.1) is 0 Å². The predicted molar refractivity (Wildman–Crippen MR) is 77.8 cm³/mol. The van der Waals surface area contributed by atoms with E-state index in [1.54, 1.807) is 12.1 Å². The summed E-state index contributed by atoms with van der Waals surface area (Å²) in [6, 6.07) is 6.17. The smallest absolute Gasteiger partial charge is 0.335 e. The standard InChI is InChI=1S/C16H17NO6/c18-14(12-10-5-6-11(23-10)13(12)16(21)22)17-7-8-1-3-9(4-2-8)15(19)20/h1-4,10-13H,5-7H2,(H,17,18)(H,19,20)(H,21,22). The van der Waals surface area contributed by atoms with Gasteiger partial charge in [0.25, 0.3) is 0 Å². The SMILES string of the molecule is O=C(O)c1ccc(CNC(=O)C2C3CCC(O3)C2C(=O)O)cc1. The minimum atomic E-state index is -1.01. The second kappa shape index (κ2) is 6.00. The minimum Gasteiger partial charge on any atom is -0.481 e. The van der Waals surface area contributed by atoms with Gasteiger partial charge >= 0.3 is 11.9 Å². The molecule has 2 bridgehead atoms. The molecule has 1 aromatic rings. The minimum absolute atomic E-state index is 0.174. The van der Waals surface area contributed by atoms with Crippen molar-refractivity contribution < 1.29 is 29.3 Å². The molecule has 3 N–H and O–H groups in total. The van der Waals surface area contributed by atoms with Crippen molar-refractivity contribution in [3.8, 4) is 0 Å². The fourth-order valence-electron chi connectivity index (χ4n) is 3.40. The zero-order valence-electron chi connectivity index (χ0n) is 12.3. The molecule has 7 heteroatoms. The lowest BCUT2D eigenvalue weighted by atomic mass is 9.78. The van der Waals surface area contributed by atoms with Gasteiger partial charge in [-0.3, -0.25) is 9.59 Å². The average molecular weight is 319 g/mol. The van der Waals surface area contributed by atoms with Crippen molar-refractivity contribution in [2.75, 3.05) is 0 Å². The Morgan fingerprint density at radius 3 is 2.22 bits per heavy atom. The van der Waals surface area contributed by atoms with Crippen LogP contribution in [0, 0.1) is 11.8 Å². The highest BCUT2D eigenvalue weighted by molar-refractivity contribution is 5.88. The fourth-order valence-corrected chi connectivity index (χ4v) is 3.40. The van der Waals surface area contributed by atoms with E-state index in [1.807, 2.05) is 0 Å². The second-order valence-corrected chi connectivity index (χ2v) is 5.90. The molecule has 2 fully saturated rings. The predicted octanol–water partition coefficient (Wildman–Crippen LogP) is 0.879. The van der Waals surface area contributed by atoms with E-state index in [4.69, 9.17) is 9.84 Å². The molecule has 0 spiro atoms. The molecule has 122 valence electrons. The van der Waals surface area contributed by atoms with E-state index in [-0.39, 0.29) is 30.2 Å². The van der Waals surface area contributed by atoms with Crippen LogP contribution in [-0.4, -0.2) is 40.3 Å². The lowest BCUT2D eigenvalue weighted by molar-refractivity contribution is -0.147. The summed E-state index contributed by atoms with van der Waals surface area (Å²) in [6.07, 6.45) is 0.695. The molecule has 23 heavy (non-hydrogen) atoms. The normalized spacial score (nSPS) is 28.5. The summed E-state index contributed by atoms with van der Waals surface area (Å²) in [7, 11) is 0. The zero-order chi connectivity index (χ0) is 16.6. The Kier molecular flexibility index (Phi) is 4.04. The average Bonchev–Trinajstić information content (AvgIpc) is 3.13. The van der Waals surface area contributed by atoms with Crippen molar-refractivity contribution in [3.05, 3.63) is 35.4 Å². The van der Waals surface area contributed by atoms with Crippen LogP contribution in [0.15, 0.2) is 24.3 Å². The van der Waals surface area contributed by atoms with Gasteiger partial charge in [0.2, 0.25) is 5.91 Å². The van der Waals surface area contributed by atoms with E-state index in [1.165, 1.54) is 12.1 Å². The van der Waals surface area contributed by atoms with Gasteiger partial charge in [0.15, 0.2) is 0 Å². The van der Waals surface area contributed by atoms with Crippen LogP contribution in [0.1, 0.15) is 28.8 Å². The van der Waals surface area contributed by atoms with Gasteiger partial charge in [-0.05, 0) is 30.5 Å². The zero-order valence-corrected chi connectivity index (χ0v) is 12.3. The number of carboxylic acid groups (broad SMARTS) is 2. The number of aromatic carboxylic acids is 1. The highest BCUT2D eigenvalue weighted by atomic mass is 16.5. The van der Waals surface area contributed by atoms with Crippen LogP contribution in [0.4, 0.5) is 0 Å². The summed E-state index contributed by atoms with van der Waals surface area (Å²) in [5.74, 6) is -3.79. The molecule has 1 amide bonds. The van der Waals surface area contributed by atoms with Gasteiger partial charge in [-0.25, -0.2) is 4.79 Å². The van der Waals surface area contributed by atoms with Crippen LogP contribution < -0.4 is 5.32 Å². The van der Waals surface area contributed by atoms with E-state index in [2.05, 4.69) is 5.32 Å². The van der Waals surface area contributed by atoms with E-state index in [9.17, 15) is 19.5 Å². The first kappa shape index (κ1) is 15.5. The quantitative estimate of drug-likeness (QED) is 0.742. The molecule has 7 nitrogen and oxygen atoms in total. The van der Waals surface area contributed by atoms with Gasteiger partial charge < -0.3 is 20.3 Å². The van der Waals surface area contributed by atoms with Crippen molar-refractivity contribution in [2.24, 2.45) is 11.8 Å². The number of carbonyl (C=O) groups is 3. The van der Waals surface area contributed by atoms with Crippen LogP contribution in [0.3, 0.4) is 0 Å². The number of hydrogen-bond acceptors (Lipinski definition) is 4. The number of fused-ring (bicyclic) bond motifs is 2. The summed E-state index contributed by atoms with van der Waals surface area (Å²) in [5.41, 5.74) is 0.923. The van der Waals surface area contributed by atoms with E-state index in [0.717, 1.165) is 5.56 Å². The molecule has 0 radical (unpaired) electrons. The third-order valence-corrected chi connectivity index (χ3v) is 4.53. The lowest BCUT2D eigenvalue weighted by Gasteiger charge is -2.23. The number of aliphatic carboxylic acids is 1. The van der Waals surface area contributed by atoms with Gasteiger partial charge in [0, 0.05) is 6.54 Å². The molecule has 2 saturated heterocycles. The van der Waals surface area contributed by atoms with Gasteiger partial charge in [0.05, 0.1) is 29.6 Å². The Bertz CT molecular complexity index is 640. The molecule has 2 aliphatic rings. The Hall–Kier alpha value is -2.41. The Morgan fingerprint density at radius 1 is 1.04 bits per heavy atom. The molecule has 3 rings (SSSR count). The number of rotatable bonds is 5. The van der Waals surface area contributed by atoms with Crippen molar-refractivity contribution in [3.63, 3.8) is 0 Å². The second-order valence-electron chi connectivity index (χ2n) is 5.90. The van der Waals surface area contributed by atoms with Crippen molar-refractivity contribution >= 4 is 17.8 Å². The summed E-state index contributed by atoms with van der Waals surface area (Å²) < 4.78 is 5.57. The Morgan fingerprint density at radius 2 is 1.65 bits per heavy atom. The van der Waals surface area contributed by atoms with Crippen molar-refractivity contribution in [1.82, 2.24) is 5.32 Å². The number of nitrogens with one attached hydrogen (secondary N) is 1. The summed E-state index contributed by atoms with van der Waals surface area (Å²) >= 11 is 0. The monoisotopic (exact) mass is 319 g/mol. The molecule has 0 saturated carbocycles. The fraction of sp³-hybridized carbons (Fsp3) is 0.438. The van der Waals surface area contributed by atoms with Gasteiger partial charge in [0.1, 0.15) is 0 Å². The van der Waals surface area contributed by atoms with Gasteiger partial charge in [-0.2, -0.15) is 0 Å². The largest absolute Gasteiger partial charge is 0.481 e. The number of benzene rings is 1. The van der Waals surface area contributed by atoms with Gasteiger partial charge in [-0.1, -0.05) is 12.1 Å². The lowest BCUT2D eigenvalue weighted by Crippen LogP contribution is -2.43. The molecular formula is C16H17NO6. The highest BCUT2D eigenvalue weighted by Gasteiger charge is 2.55. The highest BCUT2D eigenvalue weighted by Crippen LogP contribution is 2.43. The van der Waals surface area contributed by atoms with E-state index >= 15 is 0 Å². The molecule has 2 aliphatic heterocycles. The number of carboxylic acids is 2. The third-order valence-electron chi connectivity index (χ3n) is 4.53. The number of carbonyl (C=O) groups excluding carboxylic acids is 1. The molecule has 4 atom stereocenters. The summed E-state index contributed by atoms with van der Waals surface area (Å²) in [4.78, 5) is 34.5. The van der Waals surface area contributed by atoms with Crippen molar-refractivity contribution in [1.29, 1.82) is 0 Å². The maximum atomic E-state index is 12.3. The first-order valence-corrected chi connectivity index (χ1v) is 7.45. The Balaban J connectivity index is 1.63. The molecule has 0 aliphatic carbocycles. The van der Waals surface area contributed by atoms with Crippen LogP contribution in [0.5, 0.6) is 0 Å². The van der Waals surface area contributed by atoms with Crippen molar-refractivity contribution in [2.45, 2.75) is 31.6 Å². The summed E-state index contributed by atoms with van der Waals surface area (Å²) in [5, 5.41) is 20.9. The molecule has 0 aromatic heterocycles. The first-order chi connectivity index (χ1) is 11.0. The number of amides is 1.